The van der Waals surface area contributed by atoms with E-state index >= 15 is 0 Å². The normalized spacial score (nSPS) is 10.7. The predicted octanol–water partition coefficient (Wildman–Crippen LogP) is 3.76. The average molecular weight is 508 g/mol. The summed E-state index contributed by atoms with van der Waals surface area (Å²) in [4.78, 5) is 32.3. The minimum atomic E-state index is -0.968. The van der Waals surface area contributed by atoms with Gasteiger partial charge in [-0.1, -0.05) is 0 Å². The second kappa shape index (κ2) is 11.2. The molecule has 3 heterocycles. The number of hydrogen-bond acceptors (Lipinski definition) is 9. The number of fused-ring (bicyclic) bond motifs is 1. The number of pyridine rings is 2. The maximum absolute atomic E-state index is 12.8. The summed E-state index contributed by atoms with van der Waals surface area (Å²) in [5.41, 5.74) is 0.696. The van der Waals surface area contributed by atoms with Gasteiger partial charge in [-0.05, 0) is 31.2 Å². The third-order valence-electron chi connectivity index (χ3n) is 5.21. The highest BCUT2D eigenvalue weighted by molar-refractivity contribution is 6.04. The van der Waals surface area contributed by atoms with Gasteiger partial charge in [0.05, 0.1) is 51.7 Å². The smallest absolute Gasteiger partial charge is 0.305 e. The SMILES string of the molecule is CCOc1cn(CCC(=O)O)nc1C(=O)Nc1ccc(Oc2ccnc3cc(OC)c(OC)cc23)cn1. The molecular weight excluding hydrogens is 482 g/mol. The first-order valence-electron chi connectivity index (χ1n) is 11.3. The van der Waals surface area contributed by atoms with Gasteiger partial charge in [0.25, 0.3) is 5.91 Å². The quantitative estimate of drug-likeness (QED) is 0.307. The van der Waals surface area contributed by atoms with Crippen molar-refractivity contribution in [2.75, 3.05) is 26.1 Å². The van der Waals surface area contributed by atoms with Gasteiger partial charge < -0.3 is 29.4 Å². The van der Waals surface area contributed by atoms with Crippen molar-refractivity contribution < 1.29 is 33.6 Å². The number of methoxy groups -OCH3 is 2. The lowest BCUT2D eigenvalue weighted by Gasteiger charge is -2.12. The fraction of sp³-hybridized carbons (Fsp3) is 0.240. The van der Waals surface area contributed by atoms with E-state index in [-0.39, 0.29) is 30.2 Å². The average Bonchev–Trinajstić information content (AvgIpc) is 3.31. The first-order valence-corrected chi connectivity index (χ1v) is 11.3. The van der Waals surface area contributed by atoms with Gasteiger partial charge in [-0.25, -0.2) is 4.98 Å². The Labute approximate surface area is 211 Å². The van der Waals surface area contributed by atoms with Crippen LogP contribution in [0.1, 0.15) is 23.8 Å². The molecule has 192 valence electrons. The van der Waals surface area contributed by atoms with Crippen LogP contribution >= 0.6 is 0 Å². The lowest BCUT2D eigenvalue weighted by atomic mass is 10.2. The summed E-state index contributed by atoms with van der Waals surface area (Å²) >= 11 is 0. The Kier molecular flexibility index (Phi) is 7.67. The summed E-state index contributed by atoms with van der Waals surface area (Å²) < 4.78 is 23.6. The number of carbonyl (C=O) groups is 2. The van der Waals surface area contributed by atoms with Crippen LogP contribution in [0.25, 0.3) is 10.9 Å². The zero-order valence-electron chi connectivity index (χ0n) is 20.4. The summed E-state index contributed by atoms with van der Waals surface area (Å²) in [5.74, 6) is 1.09. The van der Waals surface area contributed by atoms with Crippen molar-refractivity contribution in [3.63, 3.8) is 0 Å². The molecule has 2 N–H and O–H groups in total. The van der Waals surface area contributed by atoms with Crippen molar-refractivity contribution >= 4 is 28.6 Å². The number of aliphatic carboxylic acids is 1. The number of rotatable bonds is 11. The van der Waals surface area contributed by atoms with Gasteiger partial charge in [-0.2, -0.15) is 5.10 Å². The van der Waals surface area contributed by atoms with Crippen LogP contribution in [0.5, 0.6) is 28.7 Å². The maximum atomic E-state index is 12.8. The molecule has 0 aliphatic rings. The van der Waals surface area contributed by atoms with Gasteiger partial charge in [0.2, 0.25) is 0 Å². The van der Waals surface area contributed by atoms with Crippen LogP contribution in [0.15, 0.2) is 48.9 Å². The molecule has 12 heteroatoms. The summed E-state index contributed by atoms with van der Waals surface area (Å²) in [6.07, 6.45) is 4.45. The molecule has 0 saturated carbocycles. The van der Waals surface area contributed by atoms with E-state index in [4.69, 9.17) is 24.1 Å². The second-order valence-corrected chi connectivity index (χ2v) is 7.65. The zero-order valence-corrected chi connectivity index (χ0v) is 20.4. The third-order valence-corrected chi connectivity index (χ3v) is 5.21. The van der Waals surface area contributed by atoms with E-state index in [2.05, 4.69) is 20.4 Å². The van der Waals surface area contributed by atoms with Crippen LogP contribution in [0.3, 0.4) is 0 Å². The van der Waals surface area contributed by atoms with Gasteiger partial charge >= 0.3 is 5.97 Å². The number of ether oxygens (including phenoxy) is 4. The fourth-order valence-corrected chi connectivity index (χ4v) is 3.50. The molecule has 12 nitrogen and oxygen atoms in total. The molecule has 0 aliphatic carbocycles. The molecule has 0 saturated heterocycles. The summed E-state index contributed by atoms with van der Waals surface area (Å²) in [6.45, 7) is 2.20. The van der Waals surface area contributed by atoms with E-state index in [1.54, 1.807) is 57.7 Å². The number of hydrogen-bond donors (Lipinski definition) is 2. The first-order chi connectivity index (χ1) is 17.9. The Morgan fingerprint density at radius 1 is 1.03 bits per heavy atom. The number of carboxylic acid groups (broad SMARTS) is 1. The minimum absolute atomic E-state index is 0.0296. The molecular formula is C25H25N5O7. The van der Waals surface area contributed by atoms with E-state index in [1.165, 1.54) is 17.1 Å². The highest BCUT2D eigenvalue weighted by Crippen LogP contribution is 2.36. The van der Waals surface area contributed by atoms with Crippen molar-refractivity contribution in [1.82, 2.24) is 19.7 Å². The van der Waals surface area contributed by atoms with Gasteiger partial charge in [-0.3, -0.25) is 19.3 Å². The van der Waals surface area contributed by atoms with Gasteiger partial charge in [0, 0.05) is 17.6 Å². The van der Waals surface area contributed by atoms with Crippen molar-refractivity contribution in [1.29, 1.82) is 0 Å². The highest BCUT2D eigenvalue weighted by atomic mass is 16.5. The molecule has 4 rings (SSSR count). The Bertz CT molecular complexity index is 1420. The minimum Gasteiger partial charge on any atom is -0.493 e. The summed E-state index contributed by atoms with van der Waals surface area (Å²) in [6, 6.07) is 8.51. The molecule has 37 heavy (non-hydrogen) atoms. The van der Waals surface area contributed by atoms with E-state index in [0.29, 0.717) is 35.1 Å². The van der Waals surface area contributed by atoms with Gasteiger partial charge in [0.15, 0.2) is 22.9 Å². The van der Waals surface area contributed by atoms with E-state index in [9.17, 15) is 9.59 Å². The topological polar surface area (TPSA) is 147 Å². The molecule has 0 bridgehead atoms. The number of anilines is 1. The number of carboxylic acids is 1. The van der Waals surface area contributed by atoms with E-state index in [0.717, 1.165) is 5.39 Å². The Morgan fingerprint density at radius 2 is 1.81 bits per heavy atom. The van der Waals surface area contributed by atoms with Crippen LogP contribution in [-0.2, 0) is 11.3 Å². The van der Waals surface area contributed by atoms with Crippen molar-refractivity contribution in [3.05, 3.63) is 54.6 Å². The van der Waals surface area contributed by atoms with Crippen molar-refractivity contribution in [2.24, 2.45) is 0 Å². The van der Waals surface area contributed by atoms with Crippen LogP contribution in [0.2, 0.25) is 0 Å². The monoisotopic (exact) mass is 507 g/mol. The summed E-state index contributed by atoms with van der Waals surface area (Å²) in [7, 11) is 3.11. The number of aryl methyl sites for hydroxylation is 1. The molecule has 0 radical (unpaired) electrons. The number of aromatic nitrogens is 4. The molecule has 0 spiro atoms. The second-order valence-electron chi connectivity index (χ2n) is 7.65. The van der Waals surface area contributed by atoms with Crippen LogP contribution in [0, 0.1) is 0 Å². The predicted molar refractivity (Wildman–Crippen MR) is 133 cm³/mol. The number of benzene rings is 1. The highest BCUT2D eigenvalue weighted by Gasteiger charge is 2.19. The zero-order chi connectivity index (χ0) is 26.4. The summed E-state index contributed by atoms with van der Waals surface area (Å²) in [5, 5.41) is 16.4. The van der Waals surface area contributed by atoms with Crippen molar-refractivity contribution in [2.45, 2.75) is 19.9 Å². The van der Waals surface area contributed by atoms with Crippen LogP contribution in [-0.4, -0.2) is 57.6 Å². The molecule has 0 unspecified atom stereocenters. The standard InChI is InChI=1S/C25H25N5O7/c1-4-36-21-14-30(10-8-23(31)32)29-24(21)25(33)28-22-6-5-15(13-27-22)37-18-7-9-26-17-12-20(35-3)19(34-2)11-16(17)18/h5-7,9,11-14H,4,8,10H2,1-3H3,(H,31,32)(H,27,28,33). The van der Waals surface area contributed by atoms with E-state index in [1.807, 2.05) is 0 Å². The number of amides is 1. The molecule has 0 atom stereocenters. The fourth-order valence-electron chi connectivity index (χ4n) is 3.50. The lowest BCUT2D eigenvalue weighted by Crippen LogP contribution is -2.15. The lowest BCUT2D eigenvalue weighted by molar-refractivity contribution is -0.137. The molecule has 3 aromatic heterocycles. The molecule has 1 amide bonds. The maximum Gasteiger partial charge on any atom is 0.305 e. The van der Waals surface area contributed by atoms with Crippen LogP contribution in [0.4, 0.5) is 5.82 Å². The third kappa shape index (κ3) is 5.86. The van der Waals surface area contributed by atoms with Crippen molar-refractivity contribution in [3.8, 4) is 28.7 Å². The number of carbonyl (C=O) groups excluding carboxylic acids is 1. The van der Waals surface area contributed by atoms with Gasteiger partial charge in [0.1, 0.15) is 17.3 Å². The van der Waals surface area contributed by atoms with E-state index < -0.39 is 11.9 Å². The Morgan fingerprint density at radius 3 is 2.49 bits per heavy atom. The Hall–Kier alpha value is -4.87. The number of nitrogens with one attached hydrogen (secondary N) is 1. The molecule has 1 aromatic carbocycles. The molecule has 4 aromatic rings. The number of nitrogens with zero attached hydrogens (tertiary/aromatic N) is 4. The Balaban J connectivity index is 1.49. The van der Waals surface area contributed by atoms with Gasteiger partial charge in [-0.15, -0.1) is 0 Å². The molecule has 0 fully saturated rings. The van der Waals surface area contributed by atoms with Crippen LogP contribution < -0.4 is 24.3 Å². The largest absolute Gasteiger partial charge is 0.493 e. The molecule has 0 aliphatic heterocycles. The first kappa shape index (κ1) is 25.2.